The molecule has 0 aliphatic carbocycles. The first-order valence-corrected chi connectivity index (χ1v) is 17.9. The van der Waals surface area contributed by atoms with E-state index in [-0.39, 0.29) is 0 Å². The number of benzene rings is 2. The summed E-state index contributed by atoms with van der Waals surface area (Å²) in [4.78, 5) is 9.64. The summed E-state index contributed by atoms with van der Waals surface area (Å²) in [7, 11) is 0. The number of hydrogen-bond acceptors (Lipinski definition) is 3. The number of nitrogens with zero attached hydrogens (tertiary/aromatic N) is 2. The Hall–Kier alpha value is -2.66. The number of fused-ring (bicyclic) bond motifs is 4. The molecule has 5 rings (SSSR count). The molecule has 0 aliphatic heterocycles. The van der Waals surface area contributed by atoms with Crippen LogP contribution in [0.4, 0.5) is 0 Å². The summed E-state index contributed by atoms with van der Waals surface area (Å²) in [6.07, 6.45) is 1.88. The van der Waals surface area contributed by atoms with Crippen molar-refractivity contribution >= 4 is 50.6 Å². The third-order valence-electron chi connectivity index (χ3n) is 5.81. The predicted molar refractivity (Wildman–Crippen MR) is 129 cm³/mol. The van der Waals surface area contributed by atoms with E-state index in [1.165, 1.54) is 20.9 Å². The van der Waals surface area contributed by atoms with Gasteiger partial charge in [0.1, 0.15) is 0 Å². The van der Waals surface area contributed by atoms with Gasteiger partial charge >= 0.3 is 180 Å². The Kier molecular flexibility index (Phi) is 4.47. The van der Waals surface area contributed by atoms with Crippen molar-refractivity contribution in [1.82, 2.24) is 9.97 Å². The molecule has 0 N–H and O–H groups in total. The molecule has 0 saturated heterocycles. The molecule has 3 aromatic heterocycles. The summed E-state index contributed by atoms with van der Waals surface area (Å²) in [6.45, 7) is 4.48. The van der Waals surface area contributed by atoms with E-state index >= 15 is 0 Å². The van der Waals surface area contributed by atoms with Gasteiger partial charge in [0.2, 0.25) is 0 Å². The molecule has 5 aromatic rings. The Morgan fingerprint density at radius 2 is 1.67 bits per heavy atom. The van der Waals surface area contributed by atoms with Crippen LogP contribution in [0.2, 0.25) is 17.3 Å². The summed E-state index contributed by atoms with van der Waals surface area (Å²) in [5, 5.41) is 4.68. The minimum absolute atomic E-state index is 0.424. The van der Waals surface area contributed by atoms with Crippen molar-refractivity contribution in [1.29, 1.82) is 0 Å². The van der Waals surface area contributed by atoms with Crippen molar-refractivity contribution in [2.24, 2.45) is 0 Å². The van der Waals surface area contributed by atoms with Crippen LogP contribution < -0.4 is 4.53 Å². The third kappa shape index (κ3) is 3.12. The first kappa shape index (κ1) is 19.3. The summed E-state index contributed by atoms with van der Waals surface area (Å²) in [5.74, 6) is 7.48. The molecule has 2 aromatic carbocycles. The average Bonchev–Trinajstić information content (AvgIpc) is 3.10. The molecule has 30 heavy (non-hydrogen) atoms. The molecule has 0 fully saturated rings. The van der Waals surface area contributed by atoms with E-state index in [0.717, 1.165) is 33.3 Å². The molecular weight excluding hydrogens is 429 g/mol. The summed E-state index contributed by atoms with van der Waals surface area (Å²) in [6, 6.07) is 19.5. The van der Waals surface area contributed by atoms with Gasteiger partial charge in [0.25, 0.3) is 0 Å². The maximum atomic E-state index is 6.34. The van der Waals surface area contributed by atoms with E-state index in [9.17, 15) is 0 Å². The fourth-order valence-corrected chi connectivity index (χ4v) is 6.30. The van der Waals surface area contributed by atoms with Gasteiger partial charge in [-0.3, -0.25) is 0 Å². The van der Waals surface area contributed by atoms with Crippen LogP contribution in [0.25, 0.3) is 44.1 Å². The zero-order chi connectivity index (χ0) is 21.0. The van der Waals surface area contributed by atoms with Gasteiger partial charge < -0.3 is 0 Å². The Balaban J connectivity index is 1.79. The molecule has 0 atom stereocenters. The van der Waals surface area contributed by atoms with Crippen LogP contribution in [0.1, 0.15) is 25.3 Å². The molecule has 150 valence electrons. The molecule has 3 nitrogen and oxygen atoms in total. The second-order valence-corrected chi connectivity index (χ2v) is 19.9. The van der Waals surface area contributed by atoms with Gasteiger partial charge in [0, 0.05) is 0 Å². The fourth-order valence-electron chi connectivity index (χ4n) is 4.16. The molecule has 0 aliphatic rings. The van der Waals surface area contributed by atoms with Crippen LogP contribution in [-0.4, -0.2) is 23.2 Å². The van der Waals surface area contributed by atoms with E-state index in [1.807, 2.05) is 12.3 Å². The minimum atomic E-state index is -2.03. The molecule has 4 heteroatoms. The molecule has 0 amide bonds. The van der Waals surface area contributed by atoms with Gasteiger partial charge in [-0.25, -0.2) is 0 Å². The van der Waals surface area contributed by atoms with Crippen molar-refractivity contribution in [3.8, 4) is 11.3 Å². The van der Waals surface area contributed by atoms with Crippen molar-refractivity contribution < 1.29 is 4.42 Å². The number of furan rings is 1. The van der Waals surface area contributed by atoms with E-state index in [1.54, 1.807) is 0 Å². The number of rotatable bonds is 3. The first-order chi connectivity index (χ1) is 14.3. The van der Waals surface area contributed by atoms with Crippen LogP contribution in [0, 0.1) is 0 Å². The van der Waals surface area contributed by atoms with E-state index in [0.29, 0.717) is 5.92 Å². The normalized spacial score (nSPS) is 12.5. The van der Waals surface area contributed by atoms with Crippen molar-refractivity contribution in [3.05, 3.63) is 66.4 Å². The van der Waals surface area contributed by atoms with Crippen LogP contribution in [0.3, 0.4) is 0 Å². The second kappa shape index (κ2) is 6.95. The molecule has 0 radical (unpaired) electrons. The van der Waals surface area contributed by atoms with Crippen molar-refractivity contribution in [2.75, 3.05) is 0 Å². The zero-order valence-electron chi connectivity index (χ0n) is 18.2. The van der Waals surface area contributed by atoms with Crippen LogP contribution in [0.15, 0.2) is 65.2 Å². The van der Waals surface area contributed by atoms with Crippen molar-refractivity contribution in [2.45, 2.75) is 37.0 Å². The topological polar surface area (TPSA) is 38.9 Å². The molecule has 0 unspecified atom stereocenters. The summed E-state index contributed by atoms with van der Waals surface area (Å²) >= 11 is -2.03. The third-order valence-corrected chi connectivity index (χ3v) is 9.62. The molecule has 0 spiro atoms. The number of aromatic nitrogens is 2. The van der Waals surface area contributed by atoms with E-state index in [2.05, 4.69) is 79.6 Å². The molecule has 3 heterocycles. The van der Waals surface area contributed by atoms with Gasteiger partial charge in [-0.15, -0.1) is 0 Å². The van der Waals surface area contributed by atoms with Crippen LogP contribution in [0.5, 0.6) is 0 Å². The maximum absolute atomic E-state index is 6.34. The predicted octanol–water partition coefficient (Wildman–Crippen LogP) is 6.86. The first-order valence-electron chi connectivity index (χ1n) is 10.5. The zero-order valence-corrected chi connectivity index (χ0v) is 20.3. The van der Waals surface area contributed by atoms with Crippen molar-refractivity contribution in [3.63, 3.8) is 0 Å². The number of pyridine rings is 2. The average molecular weight is 455 g/mol. The second-order valence-electron chi connectivity index (χ2n) is 9.38. The quantitative estimate of drug-likeness (QED) is 0.279. The van der Waals surface area contributed by atoms with Gasteiger partial charge in [-0.05, 0) is 0 Å². The van der Waals surface area contributed by atoms with Gasteiger partial charge in [-0.2, -0.15) is 0 Å². The fraction of sp³-hybridized carbons (Fsp3) is 0.231. The van der Waals surface area contributed by atoms with Gasteiger partial charge in [0.05, 0.1) is 0 Å². The standard InChI is InChI=1S/C26H26GeN2O/c1-16(2)22-15-18(14-17-8-6-7-9-19(17)22)24-25-20(12-13-28-24)21-10-11-23(27(3,4)5)29-26(21)30-25/h6-16H,1-5H3. The van der Waals surface area contributed by atoms with E-state index in [4.69, 9.17) is 14.4 Å². The Morgan fingerprint density at radius 3 is 2.43 bits per heavy atom. The Labute approximate surface area is 179 Å². The molecular formula is C26H26GeN2O. The number of hydrogen-bond donors (Lipinski definition) is 0. The molecule has 0 saturated carbocycles. The monoisotopic (exact) mass is 456 g/mol. The SMILES string of the molecule is CC(C)c1cc(-c2nccc3c2oc2n[c]([Ge]([CH3])([CH3])[CH3])ccc23)cc2ccccc12. The Morgan fingerprint density at radius 1 is 0.867 bits per heavy atom. The summed E-state index contributed by atoms with van der Waals surface area (Å²) < 4.78 is 7.55. The van der Waals surface area contributed by atoms with Gasteiger partial charge in [0.15, 0.2) is 0 Å². The van der Waals surface area contributed by atoms with Gasteiger partial charge in [-0.1, -0.05) is 0 Å². The van der Waals surface area contributed by atoms with Crippen LogP contribution in [-0.2, 0) is 0 Å². The van der Waals surface area contributed by atoms with Crippen LogP contribution >= 0.6 is 0 Å². The molecule has 0 bridgehead atoms. The van der Waals surface area contributed by atoms with E-state index < -0.39 is 13.3 Å². The summed E-state index contributed by atoms with van der Waals surface area (Å²) in [5.41, 5.74) is 4.86. The Bertz CT molecular complexity index is 1410.